The standard InChI is InChI=1S/C20H25F5O/c21-19(22,20(23,24)25)13-15-7-9-17(10-8-15)18(11-4-12-18)26-14-16-5-2-1-3-6-16/h1-3,5-6,15,17H,4,7-14H2. The van der Waals surface area contributed by atoms with Crippen molar-refractivity contribution < 1.29 is 26.7 Å². The van der Waals surface area contributed by atoms with Crippen LogP contribution in [-0.2, 0) is 11.3 Å². The highest BCUT2D eigenvalue weighted by Gasteiger charge is 2.58. The van der Waals surface area contributed by atoms with Gasteiger partial charge in [0.05, 0.1) is 12.2 Å². The van der Waals surface area contributed by atoms with Gasteiger partial charge in [0.15, 0.2) is 0 Å². The Morgan fingerprint density at radius 2 is 1.54 bits per heavy atom. The number of benzene rings is 1. The molecule has 0 saturated heterocycles. The monoisotopic (exact) mass is 376 g/mol. The van der Waals surface area contributed by atoms with Crippen molar-refractivity contribution in [3.8, 4) is 0 Å². The molecular formula is C20H25F5O. The summed E-state index contributed by atoms with van der Waals surface area (Å²) in [4.78, 5) is 0. The molecule has 1 nitrogen and oxygen atoms in total. The molecule has 0 aliphatic heterocycles. The van der Waals surface area contributed by atoms with Gasteiger partial charge in [-0.1, -0.05) is 30.3 Å². The molecule has 3 rings (SSSR count). The highest BCUT2D eigenvalue weighted by Crippen LogP contribution is 2.51. The molecule has 2 aliphatic rings. The van der Waals surface area contributed by atoms with Gasteiger partial charge in [0, 0.05) is 6.42 Å². The molecule has 0 radical (unpaired) electrons. The minimum absolute atomic E-state index is 0.215. The molecule has 0 bridgehead atoms. The molecule has 0 atom stereocenters. The Kier molecular flexibility index (Phi) is 5.61. The number of rotatable bonds is 6. The van der Waals surface area contributed by atoms with Gasteiger partial charge in [-0.3, -0.25) is 0 Å². The molecule has 146 valence electrons. The first-order valence-corrected chi connectivity index (χ1v) is 9.34. The number of hydrogen-bond acceptors (Lipinski definition) is 1. The third-order valence-corrected chi connectivity index (χ3v) is 6.12. The van der Waals surface area contributed by atoms with Crippen LogP contribution < -0.4 is 0 Å². The summed E-state index contributed by atoms with van der Waals surface area (Å²) in [5.41, 5.74) is 0.880. The van der Waals surface area contributed by atoms with Crippen LogP contribution in [0.3, 0.4) is 0 Å². The zero-order chi connectivity index (χ0) is 18.8. The maximum Gasteiger partial charge on any atom is 0.453 e. The third kappa shape index (κ3) is 4.21. The van der Waals surface area contributed by atoms with Crippen molar-refractivity contribution in [3.05, 3.63) is 35.9 Å². The minimum Gasteiger partial charge on any atom is -0.370 e. The molecule has 6 heteroatoms. The van der Waals surface area contributed by atoms with E-state index >= 15 is 0 Å². The Morgan fingerprint density at radius 1 is 0.923 bits per heavy atom. The van der Waals surface area contributed by atoms with Crippen LogP contribution in [0.2, 0.25) is 0 Å². The van der Waals surface area contributed by atoms with Gasteiger partial charge in [-0.15, -0.1) is 0 Å². The van der Waals surface area contributed by atoms with Crippen LogP contribution in [0.4, 0.5) is 22.0 Å². The summed E-state index contributed by atoms with van der Waals surface area (Å²) in [5.74, 6) is -4.88. The van der Waals surface area contributed by atoms with Crippen molar-refractivity contribution in [2.45, 2.75) is 75.7 Å². The zero-order valence-corrected chi connectivity index (χ0v) is 14.7. The second-order valence-corrected chi connectivity index (χ2v) is 7.82. The van der Waals surface area contributed by atoms with E-state index in [9.17, 15) is 22.0 Å². The predicted molar refractivity (Wildman–Crippen MR) is 88.9 cm³/mol. The molecule has 0 spiro atoms. The Bertz CT molecular complexity index is 572. The molecule has 26 heavy (non-hydrogen) atoms. The Balaban J connectivity index is 1.53. The summed E-state index contributed by atoms with van der Waals surface area (Å²) in [5, 5.41) is 0. The van der Waals surface area contributed by atoms with Crippen LogP contribution in [0, 0.1) is 11.8 Å². The molecule has 1 aromatic rings. The van der Waals surface area contributed by atoms with Crippen molar-refractivity contribution in [2.75, 3.05) is 0 Å². The smallest absolute Gasteiger partial charge is 0.370 e. The number of hydrogen-bond donors (Lipinski definition) is 0. The van der Waals surface area contributed by atoms with Gasteiger partial charge in [-0.05, 0) is 62.3 Å². The Hall–Kier alpha value is -1.17. The molecule has 0 N–H and O–H groups in total. The second-order valence-electron chi connectivity index (χ2n) is 7.82. The van der Waals surface area contributed by atoms with Gasteiger partial charge in [-0.25, -0.2) is 0 Å². The van der Waals surface area contributed by atoms with Crippen molar-refractivity contribution in [3.63, 3.8) is 0 Å². The van der Waals surface area contributed by atoms with E-state index in [1.165, 1.54) is 0 Å². The molecule has 0 amide bonds. The van der Waals surface area contributed by atoms with E-state index in [1.54, 1.807) is 0 Å². The van der Waals surface area contributed by atoms with E-state index in [0.717, 1.165) is 24.8 Å². The van der Waals surface area contributed by atoms with Gasteiger partial charge < -0.3 is 4.74 Å². The number of alkyl halides is 5. The van der Waals surface area contributed by atoms with E-state index in [-0.39, 0.29) is 11.5 Å². The quantitative estimate of drug-likeness (QED) is 0.514. The van der Waals surface area contributed by atoms with Crippen LogP contribution >= 0.6 is 0 Å². The van der Waals surface area contributed by atoms with Gasteiger partial charge >= 0.3 is 12.1 Å². The van der Waals surface area contributed by atoms with Crippen molar-refractivity contribution in [1.82, 2.24) is 0 Å². The third-order valence-electron chi connectivity index (χ3n) is 6.12. The largest absolute Gasteiger partial charge is 0.453 e. The zero-order valence-electron chi connectivity index (χ0n) is 14.7. The van der Waals surface area contributed by atoms with Gasteiger partial charge in [-0.2, -0.15) is 22.0 Å². The summed E-state index contributed by atoms with van der Waals surface area (Å²) in [7, 11) is 0. The second kappa shape index (κ2) is 7.45. The summed E-state index contributed by atoms with van der Waals surface area (Å²) in [6.45, 7) is 0.521. The van der Waals surface area contributed by atoms with E-state index < -0.39 is 24.4 Å². The van der Waals surface area contributed by atoms with Crippen LogP contribution in [-0.4, -0.2) is 17.7 Å². The lowest BCUT2D eigenvalue weighted by atomic mass is 9.64. The van der Waals surface area contributed by atoms with Crippen molar-refractivity contribution >= 4 is 0 Å². The molecule has 2 saturated carbocycles. The maximum atomic E-state index is 13.3. The van der Waals surface area contributed by atoms with Crippen LogP contribution in [0.1, 0.15) is 56.9 Å². The van der Waals surface area contributed by atoms with Crippen molar-refractivity contribution in [2.24, 2.45) is 11.8 Å². The first kappa shape index (κ1) is 19.6. The van der Waals surface area contributed by atoms with E-state index in [4.69, 9.17) is 4.74 Å². The lowest BCUT2D eigenvalue weighted by molar-refractivity contribution is -0.289. The van der Waals surface area contributed by atoms with Crippen LogP contribution in [0.25, 0.3) is 0 Å². The predicted octanol–water partition coefficient (Wildman–Crippen LogP) is 6.52. The first-order valence-electron chi connectivity index (χ1n) is 9.34. The van der Waals surface area contributed by atoms with Gasteiger partial charge in [0.1, 0.15) is 0 Å². The molecular weight excluding hydrogens is 351 g/mol. The Labute approximate surface area is 150 Å². The molecule has 2 aliphatic carbocycles. The lowest BCUT2D eigenvalue weighted by Gasteiger charge is -2.50. The summed E-state index contributed by atoms with van der Waals surface area (Å²) in [6, 6.07) is 9.86. The summed E-state index contributed by atoms with van der Waals surface area (Å²) in [6.07, 6.45) is -1.35. The average molecular weight is 376 g/mol. The van der Waals surface area contributed by atoms with Gasteiger partial charge in [0.2, 0.25) is 0 Å². The lowest BCUT2D eigenvalue weighted by Crippen LogP contribution is -2.48. The van der Waals surface area contributed by atoms with Crippen molar-refractivity contribution in [1.29, 1.82) is 0 Å². The van der Waals surface area contributed by atoms with Crippen LogP contribution in [0.15, 0.2) is 30.3 Å². The molecule has 1 aromatic carbocycles. The van der Waals surface area contributed by atoms with E-state index in [1.807, 2.05) is 30.3 Å². The fraction of sp³-hybridized carbons (Fsp3) is 0.700. The molecule has 0 aromatic heterocycles. The van der Waals surface area contributed by atoms with E-state index in [0.29, 0.717) is 32.3 Å². The topological polar surface area (TPSA) is 9.23 Å². The summed E-state index contributed by atoms with van der Waals surface area (Å²) < 4.78 is 70.0. The highest BCUT2D eigenvalue weighted by atomic mass is 19.4. The highest BCUT2D eigenvalue weighted by molar-refractivity contribution is 5.14. The first-order chi connectivity index (χ1) is 12.2. The van der Waals surface area contributed by atoms with Crippen LogP contribution in [0.5, 0.6) is 0 Å². The minimum atomic E-state index is -5.45. The summed E-state index contributed by atoms with van der Waals surface area (Å²) >= 11 is 0. The van der Waals surface area contributed by atoms with Gasteiger partial charge in [0.25, 0.3) is 0 Å². The average Bonchev–Trinajstić information content (AvgIpc) is 2.55. The molecule has 0 heterocycles. The fourth-order valence-corrected chi connectivity index (χ4v) is 4.37. The Morgan fingerprint density at radius 3 is 2.04 bits per heavy atom. The fourth-order valence-electron chi connectivity index (χ4n) is 4.37. The number of ether oxygens (including phenoxy) is 1. The van der Waals surface area contributed by atoms with E-state index in [2.05, 4.69) is 0 Å². The number of halogens is 5. The SMILES string of the molecule is FC(F)(F)C(F)(F)CC1CCC(C2(OCc3ccccc3)CCC2)CC1. The molecule has 2 fully saturated rings. The maximum absolute atomic E-state index is 13.3. The normalized spacial score (nSPS) is 26.3. The molecule has 0 unspecified atom stereocenters.